The molecule has 0 amide bonds. The fourth-order valence-electron chi connectivity index (χ4n) is 0.819. The number of hydrogen-bond acceptors (Lipinski definition) is 2. The molecule has 0 saturated heterocycles. The van der Waals surface area contributed by atoms with E-state index in [4.69, 9.17) is 5.73 Å². The van der Waals surface area contributed by atoms with E-state index in [1.807, 2.05) is 0 Å². The Balaban J connectivity index is 3.16. The number of halogens is 4. The van der Waals surface area contributed by atoms with Crippen LogP contribution in [-0.4, -0.2) is 4.98 Å². The summed E-state index contributed by atoms with van der Waals surface area (Å²) in [5.41, 5.74) is 3.85. The van der Waals surface area contributed by atoms with Gasteiger partial charge in [-0.25, -0.2) is 4.98 Å². The van der Waals surface area contributed by atoms with Gasteiger partial charge < -0.3 is 5.73 Å². The summed E-state index contributed by atoms with van der Waals surface area (Å²) in [6.07, 6.45) is -4.56. The topological polar surface area (TPSA) is 38.9 Å². The van der Waals surface area contributed by atoms with Crippen LogP contribution in [0, 0.1) is 5.95 Å². The van der Waals surface area contributed by atoms with E-state index in [0.29, 0.717) is 6.07 Å². The lowest BCUT2D eigenvalue weighted by molar-refractivity contribution is -0.137. The fourth-order valence-corrected chi connectivity index (χ4v) is 0.819. The van der Waals surface area contributed by atoms with E-state index in [9.17, 15) is 17.6 Å². The van der Waals surface area contributed by atoms with E-state index in [1.165, 1.54) is 0 Å². The maximum absolute atomic E-state index is 12.5. The van der Waals surface area contributed by atoms with Crippen LogP contribution < -0.4 is 5.73 Å². The van der Waals surface area contributed by atoms with Gasteiger partial charge in [0.05, 0.1) is 11.3 Å². The molecule has 0 aromatic carbocycles. The van der Waals surface area contributed by atoms with E-state index >= 15 is 0 Å². The zero-order valence-corrected chi connectivity index (χ0v) is 6.40. The van der Waals surface area contributed by atoms with Crippen molar-refractivity contribution in [1.29, 1.82) is 0 Å². The van der Waals surface area contributed by atoms with E-state index in [0.717, 1.165) is 6.07 Å². The molecule has 0 radical (unpaired) electrons. The molecule has 0 aliphatic rings. The van der Waals surface area contributed by atoms with Crippen LogP contribution in [0.4, 0.5) is 17.6 Å². The number of pyridine rings is 1. The smallest absolute Gasteiger partial charge is 0.325 e. The van der Waals surface area contributed by atoms with Crippen LogP contribution in [-0.2, 0) is 12.7 Å². The number of nitrogens with zero attached hydrogens (tertiary/aromatic N) is 1. The van der Waals surface area contributed by atoms with Gasteiger partial charge in [0.15, 0.2) is 0 Å². The van der Waals surface area contributed by atoms with E-state index in [2.05, 4.69) is 4.98 Å². The van der Waals surface area contributed by atoms with Gasteiger partial charge in [-0.1, -0.05) is 0 Å². The number of aromatic nitrogens is 1. The highest BCUT2D eigenvalue weighted by Crippen LogP contribution is 2.29. The van der Waals surface area contributed by atoms with Gasteiger partial charge in [0, 0.05) is 12.6 Å². The molecule has 0 spiro atoms. The first kappa shape index (κ1) is 9.91. The first-order valence-electron chi connectivity index (χ1n) is 3.37. The number of alkyl halides is 3. The van der Waals surface area contributed by atoms with Crippen molar-refractivity contribution in [2.45, 2.75) is 12.7 Å². The van der Waals surface area contributed by atoms with Gasteiger partial charge in [0.2, 0.25) is 5.95 Å². The van der Waals surface area contributed by atoms with E-state index in [1.54, 1.807) is 0 Å². The van der Waals surface area contributed by atoms with Crippen LogP contribution in [0.5, 0.6) is 0 Å². The predicted octanol–water partition coefficient (Wildman–Crippen LogP) is 1.70. The average Bonchev–Trinajstić information content (AvgIpc) is 2.01. The van der Waals surface area contributed by atoms with Gasteiger partial charge in [-0.3, -0.25) is 0 Å². The zero-order valence-electron chi connectivity index (χ0n) is 6.40. The molecule has 0 fully saturated rings. The molecule has 0 aliphatic carbocycles. The first-order chi connectivity index (χ1) is 5.93. The predicted molar refractivity (Wildman–Crippen MR) is 37.1 cm³/mol. The molecule has 2 N–H and O–H groups in total. The van der Waals surface area contributed by atoms with Crippen molar-refractivity contribution in [3.63, 3.8) is 0 Å². The summed E-state index contributed by atoms with van der Waals surface area (Å²) in [4.78, 5) is 3.17. The van der Waals surface area contributed by atoms with E-state index in [-0.39, 0.29) is 12.2 Å². The minimum absolute atomic E-state index is 0.118. The summed E-state index contributed by atoms with van der Waals surface area (Å²) >= 11 is 0. The fraction of sp³-hybridized carbons (Fsp3) is 0.286. The number of nitrogens with two attached hydrogens (primary N) is 1. The minimum Gasteiger partial charge on any atom is -0.325 e. The SMILES string of the molecule is NCc1cc(C(F)(F)F)cc(F)n1. The largest absolute Gasteiger partial charge is 0.416 e. The monoisotopic (exact) mass is 194 g/mol. The molecule has 13 heavy (non-hydrogen) atoms. The maximum atomic E-state index is 12.5. The third kappa shape index (κ3) is 2.38. The molecule has 1 aromatic heterocycles. The highest BCUT2D eigenvalue weighted by atomic mass is 19.4. The van der Waals surface area contributed by atoms with Gasteiger partial charge >= 0.3 is 6.18 Å². The van der Waals surface area contributed by atoms with Gasteiger partial charge in [0.25, 0.3) is 0 Å². The minimum atomic E-state index is -4.56. The van der Waals surface area contributed by atoms with Crippen molar-refractivity contribution < 1.29 is 17.6 Å². The van der Waals surface area contributed by atoms with Gasteiger partial charge in [-0.2, -0.15) is 17.6 Å². The molecule has 0 aliphatic heterocycles. The summed E-state index contributed by atoms with van der Waals surface area (Å²) in [5.74, 6) is -1.17. The summed E-state index contributed by atoms with van der Waals surface area (Å²) in [6.45, 7) is -0.221. The molecule has 0 unspecified atom stereocenters. The molecule has 1 heterocycles. The lowest BCUT2D eigenvalue weighted by Gasteiger charge is -2.07. The lowest BCUT2D eigenvalue weighted by atomic mass is 10.2. The highest BCUT2D eigenvalue weighted by Gasteiger charge is 2.31. The Hall–Kier alpha value is -1.17. The molecule has 6 heteroatoms. The molecule has 0 atom stereocenters. The van der Waals surface area contributed by atoms with E-state index < -0.39 is 17.7 Å². The van der Waals surface area contributed by atoms with Gasteiger partial charge in [0.1, 0.15) is 0 Å². The van der Waals surface area contributed by atoms with Crippen LogP contribution >= 0.6 is 0 Å². The maximum Gasteiger partial charge on any atom is 0.416 e. The highest BCUT2D eigenvalue weighted by molar-refractivity contribution is 5.19. The van der Waals surface area contributed by atoms with Gasteiger partial charge in [-0.05, 0) is 6.07 Å². The first-order valence-corrected chi connectivity index (χ1v) is 3.37. The molecule has 2 nitrogen and oxygen atoms in total. The second-order valence-electron chi connectivity index (χ2n) is 2.37. The third-order valence-electron chi connectivity index (χ3n) is 1.38. The summed E-state index contributed by atoms with van der Waals surface area (Å²) in [5, 5.41) is 0. The van der Waals surface area contributed by atoms with Crippen molar-refractivity contribution in [2.75, 3.05) is 0 Å². The van der Waals surface area contributed by atoms with Crippen LogP contribution in [0.2, 0.25) is 0 Å². The Morgan fingerprint density at radius 1 is 1.31 bits per heavy atom. The molecule has 1 aromatic rings. The molecule has 1 rings (SSSR count). The lowest BCUT2D eigenvalue weighted by Crippen LogP contribution is -2.09. The van der Waals surface area contributed by atoms with Crippen molar-refractivity contribution in [3.05, 3.63) is 29.3 Å². The van der Waals surface area contributed by atoms with Crippen LogP contribution in [0.1, 0.15) is 11.3 Å². The van der Waals surface area contributed by atoms with Crippen molar-refractivity contribution in [2.24, 2.45) is 5.73 Å². The standard InChI is InChI=1S/C7H6F4N2/c8-6-2-4(7(9,10)11)1-5(3-12)13-6/h1-2H,3,12H2. The Kier molecular flexibility index (Phi) is 2.51. The van der Waals surface area contributed by atoms with Gasteiger partial charge in [-0.15, -0.1) is 0 Å². The Morgan fingerprint density at radius 3 is 2.38 bits per heavy atom. The molecular formula is C7H6F4N2. The second kappa shape index (κ2) is 3.29. The summed E-state index contributed by atoms with van der Waals surface area (Å²) < 4.78 is 48.6. The molecule has 0 saturated carbocycles. The Morgan fingerprint density at radius 2 is 1.92 bits per heavy atom. The summed E-state index contributed by atoms with van der Waals surface area (Å²) in [6, 6.07) is 1.06. The van der Waals surface area contributed by atoms with Crippen LogP contribution in [0.15, 0.2) is 12.1 Å². The van der Waals surface area contributed by atoms with Crippen molar-refractivity contribution >= 4 is 0 Å². The molecule has 0 bridgehead atoms. The number of rotatable bonds is 1. The zero-order chi connectivity index (χ0) is 10.1. The van der Waals surface area contributed by atoms with Crippen molar-refractivity contribution in [3.8, 4) is 0 Å². The van der Waals surface area contributed by atoms with Crippen LogP contribution in [0.3, 0.4) is 0 Å². The average molecular weight is 194 g/mol. The second-order valence-corrected chi connectivity index (χ2v) is 2.37. The Bertz CT molecular complexity index is 308. The Labute approximate surface area is 71.4 Å². The van der Waals surface area contributed by atoms with Crippen molar-refractivity contribution in [1.82, 2.24) is 4.98 Å². The normalized spacial score (nSPS) is 11.8. The number of hydrogen-bond donors (Lipinski definition) is 1. The molecular weight excluding hydrogens is 188 g/mol. The third-order valence-corrected chi connectivity index (χ3v) is 1.38. The summed E-state index contributed by atoms with van der Waals surface area (Å²) in [7, 11) is 0. The molecule has 72 valence electrons. The quantitative estimate of drug-likeness (QED) is 0.545. The van der Waals surface area contributed by atoms with Crippen LogP contribution in [0.25, 0.3) is 0 Å².